The number of nitrogen functional groups attached to an aromatic ring is 1. The molecule has 0 unspecified atom stereocenters. The molecule has 166 valence electrons. The van der Waals surface area contributed by atoms with E-state index in [1.165, 1.54) is 12.5 Å². The number of hydrazine groups is 1. The Bertz CT molecular complexity index is 1130. The second kappa shape index (κ2) is 8.64. The molecular formula is C19H19N7O5S. The van der Waals surface area contributed by atoms with Crippen molar-refractivity contribution in [3.05, 3.63) is 52.8 Å². The van der Waals surface area contributed by atoms with Crippen LogP contribution in [0.4, 0.5) is 10.8 Å². The zero-order chi connectivity index (χ0) is 22.8. The fraction of sp³-hybridized carbons (Fsp3) is 0.211. The molecule has 0 bridgehead atoms. The van der Waals surface area contributed by atoms with Crippen LogP contribution in [-0.4, -0.2) is 69.8 Å². The van der Waals surface area contributed by atoms with Gasteiger partial charge < -0.3 is 26.3 Å². The molecule has 1 aromatic carbocycles. The summed E-state index contributed by atoms with van der Waals surface area (Å²) in [5, 5.41) is 23.5. The first-order valence-electron chi connectivity index (χ1n) is 9.39. The molecule has 0 saturated carbocycles. The predicted molar refractivity (Wildman–Crippen MR) is 115 cm³/mol. The minimum Gasteiger partial charge on any atom is -0.476 e. The summed E-state index contributed by atoms with van der Waals surface area (Å²) in [6, 6.07) is 8.06. The highest BCUT2D eigenvalue weighted by Crippen LogP contribution is 2.30. The number of amides is 2. The number of carboxylic acid groups (broad SMARTS) is 1. The monoisotopic (exact) mass is 457 g/mol. The molecule has 0 spiro atoms. The zero-order valence-corrected chi connectivity index (χ0v) is 17.6. The summed E-state index contributed by atoms with van der Waals surface area (Å²) in [4.78, 5) is 46.4. The summed E-state index contributed by atoms with van der Waals surface area (Å²) in [6.07, 6.45) is 0. The Morgan fingerprint density at radius 1 is 1.34 bits per heavy atom. The van der Waals surface area contributed by atoms with Crippen LogP contribution in [0.15, 0.2) is 52.3 Å². The molecule has 1 atom stereocenters. The quantitative estimate of drug-likeness (QED) is 0.332. The highest BCUT2D eigenvalue weighted by atomic mass is 32.1. The summed E-state index contributed by atoms with van der Waals surface area (Å²) in [7, 11) is 1.27. The first-order chi connectivity index (χ1) is 15.4. The maximum atomic E-state index is 13.0. The van der Waals surface area contributed by atoms with E-state index in [0.29, 0.717) is 11.4 Å². The van der Waals surface area contributed by atoms with Crippen molar-refractivity contribution in [2.45, 2.75) is 6.04 Å². The Hall–Kier alpha value is -3.97. The van der Waals surface area contributed by atoms with Crippen molar-refractivity contribution in [2.24, 2.45) is 5.16 Å². The van der Waals surface area contributed by atoms with Crippen molar-refractivity contribution < 1.29 is 24.3 Å². The van der Waals surface area contributed by atoms with Crippen molar-refractivity contribution in [2.75, 3.05) is 31.2 Å². The molecule has 1 saturated heterocycles. The molecule has 0 aliphatic carbocycles. The molecule has 2 amide bonds. The van der Waals surface area contributed by atoms with Gasteiger partial charge in [-0.25, -0.2) is 19.8 Å². The van der Waals surface area contributed by atoms with Gasteiger partial charge in [0.25, 0.3) is 11.8 Å². The molecule has 2 aliphatic rings. The SMILES string of the molecule is CO/N=C(\C(=O)N[C@H]1CN2CC(Nc3ccccc3)=C(C(=O)O)N2C1=O)c1csc(N)n1. The lowest BCUT2D eigenvalue weighted by molar-refractivity contribution is -0.143. The second-order valence-corrected chi connectivity index (χ2v) is 7.73. The highest BCUT2D eigenvalue weighted by Gasteiger charge is 2.48. The van der Waals surface area contributed by atoms with Gasteiger partial charge in [-0.05, 0) is 12.1 Å². The van der Waals surface area contributed by atoms with Gasteiger partial charge in [-0.15, -0.1) is 11.3 Å². The fourth-order valence-electron chi connectivity index (χ4n) is 3.47. The third-order valence-corrected chi connectivity index (χ3v) is 5.43. The number of benzene rings is 1. The highest BCUT2D eigenvalue weighted by molar-refractivity contribution is 7.13. The minimum absolute atomic E-state index is 0.0841. The number of thiazole rings is 1. The molecule has 1 aromatic heterocycles. The molecule has 2 aromatic rings. The van der Waals surface area contributed by atoms with Gasteiger partial charge in [-0.2, -0.15) is 0 Å². The second-order valence-electron chi connectivity index (χ2n) is 6.84. The van der Waals surface area contributed by atoms with E-state index in [1.807, 2.05) is 18.2 Å². The number of nitrogens with one attached hydrogen (secondary N) is 2. The van der Waals surface area contributed by atoms with Crippen LogP contribution in [0, 0.1) is 0 Å². The van der Waals surface area contributed by atoms with E-state index in [-0.39, 0.29) is 35.3 Å². The van der Waals surface area contributed by atoms with Crippen LogP contribution in [0.2, 0.25) is 0 Å². The van der Waals surface area contributed by atoms with Gasteiger partial charge in [0, 0.05) is 17.6 Å². The van der Waals surface area contributed by atoms with E-state index < -0.39 is 23.8 Å². The molecule has 2 aliphatic heterocycles. The molecule has 12 nitrogen and oxygen atoms in total. The number of carbonyl (C=O) groups is 3. The average molecular weight is 457 g/mol. The van der Waals surface area contributed by atoms with Crippen LogP contribution in [0.5, 0.6) is 0 Å². The fourth-order valence-corrected chi connectivity index (χ4v) is 4.02. The van der Waals surface area contributed by atoms with E-state index in [9.17, 15) is 19.5 Å². The van der Waals surface area contributed by atoms with Crippen LogP contribution in [-0.2, 0) is 19.2 Å². The maximum Gasteiger partial charge on any atom is 0.356 e. The Kier molecular flexibility index (Phi) is 5.75. The van der Waals surface area contributed by atoms with Crippen molar-refractivity contribution in [3.63, 3.8) is 0 Å². The van der Waals surface area contributed by atoms with Gasteiger partial charge in [0.2, 0.25) is 0 Å². The van der Waals surface area contributed by atoms with Gasteiger partial charge in [0.1, 0.15) is 18.8 Å². The van der Waals surface area contributed by atoms with Crippen molar-refractivity contribution >= 4 is 45.7 Å². The summed E-state index contributed by atoms with van der Waals surface area (Å²) in [6.45, 7) is 0.247. The normalized spacial score (nSPS) is 18.7. The Morgan fingerprint density at radius 3 is 2.72 bits per heavy atom. The number of oxime groups is 1. The van der Waals surface area contributed by atoms with Crippen LogP contribution in [0.3, 0.4) is 0 Å². The van der Waals surface area contributed by atoms with Gasteiger partial charge in [0.05, 0.1) is 12.2 Å². The number of hydrogen-bond acceptors (Lipinski definition) is 10. The number of rotatable bonds is 7. The molecule has 13 heteroatoms. The number of carbonyl (C=O) groups excluding carboxylic acids is 2. The smallest absolute Gasteiger partial charge is 0.356 e. The van der Waals surface area contributed by atoms with Crippen LogP contribution in [0.25, 0.3) is 0 Å². The van der Waals surface area contributed by atoms with E-state index in [4.69, 9.17) is 10.6 Å². The molecule has 5 N–H and O–H groups in total. The lowest BCUT2D eigenvalue weighted by atomic mass is 10.2. The third kappa shape index (κ3) is 3.98. The average Bonchev–Trinajstić information content (AvgIpc) is 3.42. The first kappa shape index (κ1) is 21.3. The molecule has 4 rings (SSSR count). The molecule has 1 fully saturated rings. The number of anilines is 2. The number of aromatic nitrogens is 1. The maximum absolute atomic E-state index is 13.0. The van der Waals surface area contributed by atoms with Gasteiger partial charge in [-0.1, -0.05) is 23.4 Å². The lowest BCUT2D eigenvalue weighted by Crippen LogP contribution is -2.46. The number of aliphatic carboxylic acids is 1. The van der Waals surface area contributed by atoms with Crippen molar-refractivity contribution in [1.82, 2.24) is 20.3 Å². The van der Waals surface area contributed by atoms with Gasteiger partial charge in [0.15, 0.2) is 16.5 Å². The van der Waals surface area contributed by atoms with Gasteiger partial charge in [-0.3, -0.25) is 9.59 Å². The van der Waals surface area contributed by atoms with E-state index in [0.717, 1.165) is 16.3 Å². The van der Waals surface area contributed by atoms with Crippen molar-refractivity contribution in [3.8, 4) is 0 Å². The molecule has 32 heavy (non-hydrogen) atoms. The van der Waals surface area contributed by atoms with Crippen LogP contribution in [0.1, 0.15) is 5.69 Å². The third-order valence-electron chi connectivity index (χ3n) is 4.76. The van der Waals surface area contributed by atoms with Crippen LogP contribution >= 0.6 is 11.3 Å². The zero-order valence-electron chi connectivity index (χ0n) is 16.8. The predicted octanol–water partition coefficient (Wildman–Crippen LogP) is 0.0417. The number of nitrogens with two attached hydrogens (primary N) is 1. The molecule has 0 radical (unpaired) electrons. The lowest BCUT2D eigenvalue weighted by Gasteiger charge is -2.18. The Labute approximate surface area is 185 Å². The first-order valence-corrected chi connectivity index (χ1v) is 10.3. The number of nitrogens with zero attached hydrogens (tertiary/aromatic N) is 4. The number of para-hydroxylation sites is 1. The largest absolute Gasteiger partial charge is 0.476 e. The van der Waals surface area contributed by atoms with Crippen LogP contribution < -0.4 is 16.4 Å². The Balaban J connectivity index is 1.53. The standard InChI is InChI=1S/C19H19N7O5S/c1-31-24-14(13-9-32-19(20)23-13)16(27)22-12-8-25-7-11(21-10-5-3-2-4-6-10)15(18(29)30)26(25)17(12)28/h2-6,9,12,21H,7-8H2,1H3,(H2,20,23)(H,22,27)(H,29,30)/b24-14-/t12-/m0/s1. The van der Waals surface area contributed by atoms with Gasteiger partial charge >= 0.3 is 5.97 Å². The van der Waals surface area contributed by atoms with E-state index in [2.05, 4.69) is 20.8 Å². The minimum atomic E-state index is -1.26. The number of fused-ring (bicyclic) bond motifs is 1. The summed E-state index contributed by atoms with van der Waals surface area (Å²) in [5.41, 5.74) is 6.57. The summed E-state index contributed by atoms with van der Waals surface area (Å²) >= 11 is 1.13. The summed E-state index contributed by atoms with van der Waals surface area (Å²) < 4.78 is 0. The number of carboxylic acids is 1. The Morgan fingerprint density at radius 2 is 2.09 bits per heavy atom. The summed E-state index contributed by atoms with van der Waals surface area (Å²) in [5.74, 6) is -2.53. The topological polar surface area (TPSA) is 162 Å². The molecule has 3 heterocycles. The van der Waals surface area contributed by atoms with E-state index in [1.54, 1.807) is 17.1 Å². The number of hydrogen-bond donors (Lipinski definition) is 4. The molecular weight excluding hydrogens is 438 g/mol. The van der Waals surface area contributed by atoms with Crippen molar-refractivity contribution in [1.29, 1.82) is 0 Å². The van der Waals surface area contributed by atoms with E-state index >= 15 is 0 Å².